The van der Waals surface area contributed by atoms with Gasteiger partial charge >= 0.3 is 0 Å². The van der Waals surface area contributed by atoms with Gasteiger partial charge in [0.2, 0.25) is 0 Å². The highest BCUT2D eigenvalue weighted by atomic mass is 32.2. The quantitative estimate of drug-likeness (QED) is 0.813. The van der Waals surface area contributed by atoms with E-state index in [9.17, 15) is 8.42 Å². The number of imidazole rings is 1. The number of nitrogens with one attached hydrogen (secondary N) is 1. The van der Waals surface area contributed by atoms with Gasteiger partial charge in [-0.1, -0.05) is 6.92 Å². The molecular weight excluding hydrogens is 254 g/mol. The number of aryl methyl sites for hydroxylation is 2. The summed E-state index contributed by atoms with van der Waals surface area (Å²) in [4.78, 5) is 4.08. The summed E-state index contributed by atoms with van der Waals surface area (Å²) in [6.45, 7) is 4.58. The standard InChI is InChI=1S/C11H19N3O3S/c1-3-4-14-7-11(12-8(14)2)18(16,17)13-9-5-10(15)6-9/h7,9-10,13,15H,3-6H2,1-2H3. The highest BCUT2D eigenvalue weighted by Crippen LogP contribution is 2.21. The number of rotatable bonds is 5. The highest BCUT2D eigenvalue weighted by Gasteiger charge is 2.32. The fourth-order valence-corrected chi connectivity index (χ4v) is 3.31. The van der Waals surface area contributed by atoms with Crippen LogP contribution >= 0.6 is 0 Å². The van der Waals surface area contributed by atoms with Crippen molar-refractivity contribution in [2.45, 2.75) is 56.8 Å². The van der Waals surface area contributed by atoms with E-state index in [4.69, 9.17) is 5.11 Å². The molecule has 2 N–H and O–H groups in total. The fourth-order valence-electron chi connectivity index (χ4n) is 2.04. The SMILES string of the molecule is CCCn1cc(S(=O)(=O)NC2CC(O)C2)nc1C. The van der Waals surface area contributed by atoms with Crippen LogP contribution in [0.4, 0.5) is 0 Å². The number of aromatic nitrogens is 2. The minimum absolute atomic E-state index is 0.0647. The number of hydrogen-bond donors (Lipinski definition) is 2. The highest BCUT2D eigenvalue weighted by molar-refractivity contribution is 7.89. The molecule has 1 fully saturated rings. The summed E-state index contributed by atoms with van der Waals surface area (Å²) in [6.07, 6.45) is 3.08. The van der Waals surface area contributed by atoms with Crippen molar-refractivity contribution in [3.05, 3.63) is 12.0 Å². The van der Waals surface area contributed by atoms with Crippen LogP contribution in [0, 0.1) is 6.92 Å². The Morgan fingerprint density at radius 1 is 1.56 bits per heavy atom. The van der Waals surface area contributed by atoms with Gasteiger partial charge in [-0.25, -0.2) is 18.1 Å². The van der Waals surface area contributed by atoms with E-state index in [0.717, 1.165) is 13.0 Å². The minimum atomic E-state index is -3.56. The molecule has 1 aromatic rings. The Bertz CT molecular complexity index is 518. The van der Waals surface area contributed by atoms with E-state index in [0.29, 0.717) is 18.7 Å². The molecule has 0 bridgehead atoms. The average Bonchev–Trinajstić information content (AvgIpc) is 2.59. The normalized spacial score (nSPS) is 23.9. The van der Waals surface area contributed by atoms with Crippen molar-refractivity contribution in [3.8, 4) is 0 Å². The lowest BCUT2D eigenvalue weighted by atomic mass is 9.91. The van der Waals surface area contributed by atoms with Crippen LogP contribution in [0.2, 0.25) is 0 Å². The van der Waals surface area contributed by atoms with Crippen molar-refractivity contribution in [1.82, 2.24) is 14.3 Å². The van der Waals surface area contributed by atoms with E-state index < -0.39 is 10.0 Å². The van der Waals surface area contributed by atoms with Crippen molar-refractivity contribution in [2.24, 2.45) is 0 Å². The third-order valence-corrected chi connectivity index (χ3v) is 4.52. The topological polar surface area (TPSA) is 84.2 Å². The molecule has 0 aliphatic heterocycles. The number of sulfonamides is 1. The van der Waals surface area contributed by atoms with Crippen molar-refractivity contribution < 1.29 is 13.5 Å². The van der Waals surface area contributed by atoms with Gasteiger partial charge in [0.25, 0.3) is 10.0 Å². The van der Waals surface area contributed by atoms with Crippen molar-refractivity contribution in [1.29, 1.82) is 0 Å². The third kappa shape index (κ3) is 2.73. The van der Waals surface area contributed by atoms with E-state index in [2.05, 4.69) is 9.71 Å². The molecule has 102 valence electrons. The smallest absolute Gasteiger partial charge is 0.259 e. The number of nitrogens with zero attached hydrogens (tertiary/aromatic N) is 2. The van der Waals surface area contributed by atoms with Gasteiger partial charge in [0.05, 0.1) is 6.10 Å². The molecule has 1 heterocycles. The van der Waals surface area contributed by atoms with Gasteiger partial charge in [0.1, 0.15) is 5.82 Å². The van der Waals surface area contributed by atoms with Crippen molar-refractivity contribution in [3.63, 3.8) is 0 Å². The summed E-state index contributed by atoms with van der Waals surface area (Å²) in [7, 11) is -3.56. The molecule has 0 amide bonds. The first-order chi connectivity index (χ1) is 8.42. The van der Waals surface area contributed by atoms with Crippen LogP contribution < -0.4 is 4.72 Å². The van der Waals surface area contributed by atoms with Crippen LogP contribution in [-0.4, -0.2) is 35.2 Å². The van der Waals surface area contributed by atoms with Gasteiger partial charge in [-0.05, 0) is 26.2 Å². The lowest BCUT2D eigenvalue weighted by molar-refractivity contribution is 0.0712. The maximum absolute atomic E-state index is 12.0. The van der Waals surface area contributed by atoms with Gasteiger partial charge in [0, 0.05) is 18.8 Å². The molecular formula is C11H19N3O3S. The van der Waals surface area contributed by atoms with E-state index >= 15 is 0 Å². The molecule has 0 atom stereocenters. The largest absolute Gasteiger partial charge is 0.393 e. The Hall–Kier alpha value is -0.920. The Balaban J connectivity index is 2.11. The van der Waals surface area contributed by atoms with E-state index in [1.54, 1.807) is 13.1 Å². The molecule has 1 aromatic heterocycles. The zero-order valence-electron chi connectivity index (χ0n) is 10.6. The molecule has 1 saturated carbocycles. The summed E-state index contributed by atoms with van der Waals surface area (Å²) in [5.74, 6) is 0.700. The fraction of sp³-hybridized carbons (Fsp3) is 0.727. The monoisotopic (exact) mass is 273 g/mol. The molecule has 0 saturated heterocycles. The summed E-state index contributed by atoms with van der Waals surface area (Å²) in [6, 6.07) is -0.165. The Labute approximate surface area is 107 Å². The van der Waals surface area contributed by atoms with E-state index in [1.807, 2.05) is 11.5 Å². The lowest BCUT2D eigenvalue weighted by Gasteiger charge is -2.31. The minimum Gasteiger partial charge on any atom is -0.393 e. The first-order valence-electron chi connectivity index (χ1n) is 6.16. The average molecular weight is 273 g/mol. The van der Waals surface area contributed by atoms with Gasteiger partial charge in [-0.2, -0.15) is 0 Å². The maximum atomic E-state index is 12.0. The third-order valence-electron chi connectivity index (χ3n) is 3.13. The number of hydrogen-bond acceptors (Lipinski definition) is 4. The van der Waals surface area contributed by atoms with Gasteiger partial charge in [-0.3, -0.25) is 0 Å². The second kappa shape index (κ2) is 4.99. The zero-order chi connectivity index (χ0) is 13.3. The summed E-state index contributed by atoms with van der Waals surface area (Å²) >= 11 is 0. The molecule has 1 aliphatic rings. The van der Waals surface area contributed by atoms with Crippen LogP contribution in [-0.2, 0) is 16.6 Å². The first kappa shape index (κ1) is 13.5. The Morgan fingerprint density at radius 2 is 2.22 bits per heavy atom. The predicted molar refractivity (Wildman–Crippen MR) is 66.6 cm³/mol. The first-order valence-corrected chi connectivity index (χ1v) is 7.65. The summed E-state index contributed by atoms with van der Waals surface area (Å²) in [5, 5.41) is 9.21. The molecule has 2 rings (SSSR count). The maximum Gasteiger partial charge on any atom is 0.259 e. The lowest BCUT2D eigenvalue weighted by Crippen LogP contribution is -2.46. The molecule has 0 spiro atoms. The molecule has 0 radical (unpaired) electrons. The molecule has 7 heteroatoms. The van der Waals surface area contributed by atoms with Crippen LogP contribution in [0.3, 0.4) is 0 Å². The molecule has 18 heavy (non-hydrogen) atoms. The zero-order valence-corrected chi connectivity index (χ0v) is 11.4. The summed E-state index contributed by atoms with van der Waals surface area (Å²) in [5.41, 5.74) is 0. The van der Waals surface area contributed by atoms with Gasteiger partial charge in [-0.15, -0.1) is 0 Å². The van der Waals surface area contributed by atoms with Crippen LogP contribution in [0.15, 0.2) is 11.2 Å². The van der Waals surface area contributed by atoms with E-state index in [1.165, 1.54) is 0 Å². The number of aliphatic hydroxyl groups is 1. The Kier molecular flexibility index (Phi) is 3.74. The Morgan fingerprint density at radius 3 is 2.78 bits per heavy atom. The van der Waals surface area contributed by atoms with Gasteiger partial charge in [0.15, 0.2) is 5.03 Å². The molecule has 1 aliphatic carbocycles. The number of aliphatic hydroxyl groups excluding tert-OH is 1. The van der Waals surface area contributed by atoms with Crippen LogP contribution in [0.1, 0.15) is 32.0 Å². The second-order valence-corrected chi connectivity index (χ2v) is 6.42. The van der Waals surface area contributed by atoms with Gasteiger partial charge < -0.3 is 9.67 Å². The van der Waals surface area contributed by atoms with E-state index in [-0.39, 0.29) is 17.2 Å². The van der Waals surface area contributed by atoms with Crippen LogP contribution in [0.5, 0.6) is 0 Å². The summed E-state index contributed by atoms with van der Waals surface area (Å²) < 4.78 is 28.5. The van der Waals surface area contributed by atoms with Crippen molar-refractivity contribution >= 4 is 10.0 Å². The second-order valence-electron chi connectivity index (χ2n) is 4.76. The van der Waals surface area contributed by atoms with Crippen LogP contribution in [0.25, 0.3) is 0 Å². The molecule has 0 aromatic carbocycles. The predicted octanol–water partition coefficient (Wildman–Crippen LogP) is 0.403. The molecule has 0 unspecified atom stereocenters. The van der Waals surface area contributed by atoms with Crippen molar-refractivity contribution in [2.75, 3.05) is 0 Å². The molecule has 6 nitrogen and oxygen atoms in total.